The topological polar surface area (TPSA) is 29.5 Å². The van der Waals surface area contributed by atoms with Crippen molar-refractivity contribution in [2.45, 2.75) is 6.92 Å². The molecule has 2 nitrogen and oxygen atoms in total. The number of hydrogen-bond donors (Lipinski definition) is 1. The van der Waals surface area contributed by atoms with Gasteiger partial charge in [-0.05, 0) is 41.8 Å². The van der Waals surface area contributed by atoms with E-state index in [4.69, 9.17) is 21.4 Å². The highest BCUT2D eigenvalue weighted by molar-refractivity contribution is 6.31. The average Bonchev–Trinajstić information content (AvgIpc) is 2.47. The lowest BCUT2D eigenvalue weighted by Crippen LogP contribution is -1.89. The zero-order chi connectivity index (χ0) is 14.5. The molecule has 0 unspecified atom stereocenters. The Morgan fingerprint density at radius 1 is 1.20 bits per heavy atom. The summed E-state index contributed by atoms with van der Waals surface area (Å²) < 4.78 is 5.37. The molecular formula is C17H17ClO2. The van der Waals surface area contributed by atoms with Gasteiger partial charge in [-0.1, -0.05) is 41.9 Å². The predicted molar refractivity (Wildman–Crippen MR) is 84.2 cm³/mol. The van der Waals surface area contributed by atoms with E-state index in [-0.39, 0.29) is 6.61 Å². The van der Waals surface area contributed by atoms with Gasteiger partial charge in [-0.2, -0.15) is 0 Å². The van der Waals surface area contributed by atoms with E-state index in [1.165, 1.54) is 0 Å². The van der Waals surface area contributed by atoms with Gasteiger partial charge >= 0.3 is 0 Å². The molecule has 1 N–H and O–H groups in total. The predicted octanol–water partition coefficient (Wildman–Crippen LogP) is 4.41. The first kappa shape index (κ1) is 14.6. The second-order valence-corrected chi connectivity index (χ2v) is 4.93. The molecular weight excluding hydrogens is 272 g/mol. The Morgan fingerprint density at radius 3 is 2.50 bits per heavy atom. The average molecular weight is 289 g/mol. The van der Waals surface area contributed by atoms with Crippen LogP contribution in [0.1, 0.15) is 12.5 Å². The van der Waals surface area contributed by atoms with Crippen LogP contribution >= 0.6 is 11.6 Å². The van der Waals surface area contributed by atoms with E-state index >= 15 is 0 Å². The Hall–Kier alpha value is -1.77. The molecule has 0 bridgehead atoms. The summed E-state index contributed by atoms with van der Waals surface area (Å²) in [5, 5.41) is 9.60. The number of halogens is 1. The fraction of sp³-hybridized carbons (Fsp3) is 0.176. The standard InChI is InChI=1S/C17H17ClO2/c1-12(9-10-19)13-3-5-14(6-4-13)16-11-15(18)7-8-17(16)20-2/h3-9,11,19H,10H2,1-2H3/b12-9-. The summed E-state index contributed by atoms with van der Waals surface area (Å²) in [5.41, 5.74) is 4.15. The third-order valence-electron chi connectivity index (χ3n) is 3.21. The summed E-state index contributed by atoms with van der Waals surface area (Å²) >= 11 is 6.05. The molecule has 0 heterocycles. The van der Waals surface area contributed by atoms with E-state index < -0.39 is 0 Å². The van der Waals surface area contributed by atoms with E-state index in [2.05, 4.69) is 0 Å². The molecule has 2 aromatic rings. The Bertz CT molecular complexity index is 615. The third-order valence-corrected chi connectivity index (χ3v) is 3.45. The highest BCUT2D eigenvalue weighted by Gasteiger charge is 2.07. The van der Waals surface area contributed by atoms with Crippen molar-refractivity contribution in [1.82, 2.24) is 0 Å². The number of allylic oxidation sites excluding steroid dienone is 1. The Kier molecular flexibility index (Phi) is 4.83. The maximum Gasteiger partial charge on any atom is 0.126 e. The molecule has 20 heavy (non-hydrogen) atoms. The SMILES string of the molecule is COc1ccc(Cl)cc1-c1ccc(/C(C)=C\CO)cc1. The van der Waals surface area contributed by atoms with Crippen molar-refractivity contribution in [3.05, 3.63) is 59.1 Å². The summed E-state index contributed by atoms with van der Waals surface area (Å²) in [4.78, 5) is 0. The van der Waals surface area contributed by atoms with Gasteiger partial charge in [0.15, 0.2) is 0 Å². The number of hydrogen-bond acceptors (Lipinski definition) is 2. The van der Waals surface area contributed by atoms with Crippen molar-refractivity contribution < 1.29 is 9.84 Å². The zero-order valence-electron chi connectivity index (χ0n) is 11.6. The van der Waals surface area contributed by atoms with Crippen molar-refractivity contribution in [3.63, 3.8) is 0 Å². The molecule has 3 heteroatoms. The van der Waals surface area contributed by atoms with Crippen LogP contribution in [0.2, 0.25) is 5.02 Å². The first-order chi connectivity index (χ1) is 9.65. The molecule has 0 aliphatic heterocycles. The highest BCUT2D eigenvalue weighted by Crippen LogP contribution is 2.33. The molecule has 0 saturated heterocycles. The van der Waals surface area contributed by atoms with Crippen LogP contribution in [-0.4, -0.2) is 18.8 Å². The fourth-order valence-corrected chi connectivity index (χ4v) is 2.25. The molecule has 104 valence electrons. The van der Waals surface area contributed by atoms with E-state index in [0.717, 1.165) is 28.0 Å². The highest BCUT2D eigenvalue weighted by atomic mass is 35.5. The van der Waals surface area contributed by atoms with Gasteiger partial charge in [0, 0.05) is 10.6 Å². The van der Waals surface area contributed by atoms with Crippen LogP contribution in [0.3, 0.4) is 0 Å². The number of ether oxygens (including phenoxy) is 1. The van der Waals surface area contributed by atoms with Gasteiger partial charge in [-0.25, -0.2) is 0 Å². The van der Waals surface area contributed by atoms with Crippen LogP contribution in [0, 0.1) is 0 Å². The summed E-state index contributed by atoms with van der Waals surface area (Å²) in [5.74, 6) is 0.796. The van der Waals surface area contributed by atoms with Gasteiger partial charge in [0.25, 0.3) is 0 Å². The van der Waals surface area contributed by atoms with Crippen molar-refractivity contribution in [1.29, 1.82) is 0 Å². The summed E-state index contributed by atoms with van der Waals surface area (Å²) in [7, 11) is 1.65. The molecule has 0 fully saturated rings. The lowest BCUT2D eigenvalue weighted by Gasteiger charge is -2.10. The molecule has 2 aromatic carbocycles. The minimum absolute atomic E-state index is 0.0513. The van der Waals surface area contributed by atoms with Gasteiger partial charge in [0.1, 0.15) is 5.75 Å². The second kappa shape index (κ2) is 6.60. The maximum atomic E-state index is 8.92. The van der Waals surface area contributed by atoms with Crippen molar-refractivity contribution in [2.24, 2.45) is 0 Å². The Balaban J connectivity index is 2.40. The van der Waals surface area contributed by atoms with Crippen LogP contribution < -0.4 is 4.74 Å². The molecule has 0 aromatic heterocycles. The smallest absolute Gasteiger partial charge is 0.126 e. The van der Waals surface area contributed by atoms with Crippen molar-refractivity contribution in [2.75, 3.05) is 13.7 Å². The van der Waals surface area contributed by atoms with Gasteiger partial charge in [-0.3, -0.25) is 0 Å². The number of aliphatic hydroxyl groups excluding tert-OH is 1. The van der Waals surface area contributed by atoms with Crippen molar-refractivity contribution >= 4 is 17.2 Å². The minimum Gasteiger partial charge on any atom is -0.496 e. The molecule has 0 aliphatic carbocycles. The maximum absolute atomic E-state index is 8.92. The minimum atomic E-state index is 0.0513. The molecule has 0 aliphatic rings. The zero-order valence-corrected chi connectivity index (χ0v) is 12.3. The van der Waals surface area contributed by atoms with E-state index in [0.29, 0.717) is 5.02 Å². The Labute approximate surface area is 124 Å². The molecule has 0 radical (unpaired) electrons. The van der Waals surface area contributed by atoms with Gasteiger partial charge in [0.05, 0.1) is 13.7 Å². The molecule has 0 atom stereocenters. The lowest BCUT2D eigenvalue weighted by molar-refractivity contribution is 0.343. The first-order valence-corrected chi connectivity index (χ1v) is 6.75. The van der Waals surface area contributed by atoms with Crippen LogP contribution in [-0.2, 0) is 0 Å². The number of methoxy groups -OCH3 is 1. The monoisotopic (exact) mass is 288 g/mol. The van der Waals surface area contributed by atoms with Crippen LogP contribution in [0.5, 0.6) is 5.75 Å². The quantitative estimate of drug-likeness (QED) is 0.903. The third kappa shape index (κ3) is 3.21. The second-order valence-electron chi connectivity index (χ2n) is 4.49. The largest absolute Gasteiger partial charge is 0.496 e. The Morgan fingerprint density at radius 2 is 1.90 bits per heavy atom. The lowest BCUT2D eigenvalue weighted by atomic mass is 10.0. The molecule has 0 saturated carbocycles. The van der Waals surface area contributed by atoms with Gasteiger partial charge in [-0.15, -0.1) is 0 Å². The summed E-state index contributed by atoms with van der Waals surface area (Å²) in [6, 6.07) is 13.7. The van der Waals surface area contributed by atoms with Crippen LogP contribution in [0.15, 0.2) is 48.5 Å². The van der Waals surface area contributed by atoms with E-state index in [1.54, 1.807) is 13.2 Å². The first-order valence-electron chi connectivity index (χ1n) is 6.37. The fourth-order valence-electron chi connectivity index (χ4n) is 2.07. The van der Waals surface area contributed by atoms with Crippen LogP contribution in [0.25, 0.3) is 16.7 Å². The number of rotatable bonds is 4. The number of benzene rings is 2. The van der Waals surface area contributed by atoms with Gasteiger partial charge in [0.2, 0.25) is 0 Å². The molecule has 2 rings (SSSR count). The van der Waals surface area contributed by atoms with Crippen molar-refractivity contribution in [3.8, 4) is 16.9 Å². The summed E-state index contributed by atoms with van der Waals surface area (Å²) in [6.45, 7) is 2.03. The van der Waals surface area contributed by atoms with Gasteiger partial charge < -0.3 is 9.84 Å². The van der Waals surface area contributed by atoms with Crippen LogP contribution in [0.4, 0.5) is 0 Å². The van der Waals surface area contributed by atoms with E-state index in [9.17, 15) is 0 Å². The molecule has 0 spiro atoms. The summed E-state index contributed by atoms with van der Waals surface area (Å²) in [6.07, 6.45) is 1.79. The van der Waals surface area contributed by atoms with E-state index in [1.807, 2.05) is 49.4 Å². The number of aliphatic hydroxyl groups is 1. The normalized spacial score (nSPS) is 11.5. The molecule has 0 amide bonds.